The monoisotopic (exact) mass is 277 g/mol. The van der Waals surface area contributed by atoms with Gasteiger partial charge in [-0.2, -0.15) is 24.5 Å². The first kappa shape index (κ1) is 13.4. The largest absolute Gasteiger partial charge is 0.391 e. The van der Waals surface area contributed by atoms with Gasteiger partial charge in [0.05, 0.1) is 5.92 Å². The van der Waals surface area contributed by atoms with Crippen molar-refractivity contribution in [3.63, 3.8) is 0 Å². The number of amides is 1. The normalized spacial score (nSPS) is 24.8. The molecule has 0 bridgehead atoms. The minimum atomic E-state index is -4.15. The number of carbonyl (C=O) groups excluding carboxylic acids is 1. The molecule has 2 unspecified atom stereocenters. The molecule has 0 aromatic carbocycles. The lowest BCUT2D eigenvalue weighted by molar-refractivity contribution is -0.183. The number of hydrogen-bond acceptors (Lipinski definition) is 2. The molecular weight excluding hydrogens is 263 g/mol. The molecule has 2 nitrogen and oxygen atoms in total. The quantitative estimate of drug-likeness (QED) is 0.879. The number of carbonyl (C=O) groups is 1. The Bertz CT molecular complexity index is 402. The molecule has 1 amide bonds. The maximum absolute atomic E-state index is 12.6. The van der Waals surface area contributed by atoms with Crippen LogP contribution in [0.1, 0.15) is 36.0 Å². The standard InChI is InChI=1S/C12H14F3NOS/c13-12(14,15)9-2-1-3-10(6-9)16-11(17)8-4-5-18-7-8/h4-5,7,9-10H,1-3,6H2,(H,16,17). The zero-order valence-electron chi connectivity index (χ0n) is 9.67. The van der Waals surface area contributed by atoms with Crippen LogP contribution >= 0.6 is 11.3 Å². The fraction of sp³-hybridized carbons (Fsp3) is 0.583. The van der Waals surface area contributed by atoms with E-state index in [4.69, 9.17) is 0 Å². The topological polar surface area (TPSA) is 29.1 Å². The van der Waals surface area contributed by atoms with Crippen molar-refractivity contribution in [1.82, 2.24) is 5.32 Å². The first-order valence-corrected chi connectivity index (χ1v) is 6.81. The summed E-state index contributed by atoms with van der Waals surface area (Å²) < 4.78 is 37.8. The molecule has 0 spiro atoms. The van der Waals surface area contributed by atoms with E-state index < -0.39 is 12.1 Å². The molecule has 1 aliphatic rings. The third kappa shape index (κ3) is 3.25. The highest BCUT2D eigenvalue weighted by Crippen LogP contribution is 2.37. The van der Waals surface area contributed by atoms with Gasteiger partial charge in [-0.05, 0) is 30.7 Å². The first-order chi connectivity index (χ1) is 8.47. The van der Waals surface area contributed by atoms with E-state index in [2.05, 4.69) is 5.32 Å². The van der Waals surface area contributed by atoms with E-state index in [0.717, 1.165) is 0 Å². The summed E-state index contributed by atoms with van der Waals surface area (Å²) in [5.41, 5.74) is 0.522. The molecule has 0 saturated heterocycles. The van der Waals surface area contributed by atoms with Gasteiger partial charge in [-0.1, -0.05) is 6.42 Å². The fourth-order valence-electron chi connectivity index (χ4n) is 2.28. The fourth-order valence-corrected chi connectivity index (χ4v) is 2.92. The Morgan fingerprint density at radius 1 is 1.39 bits per heavy atom. The average Bonchev–Trinajstić information content (AvgIpc) is 2.81. The van der Waals surface area contributed by atoms with E-state index in [-0.39, 0.29) is 24.8 Å². The predicted octanol–water partition coefficient (Wildman–Crippen LogP) is 3.60. The summed E-state index contributed by atoms with van der Waals surface area (Å²) in [5, 5.41) is 6.16. The molecule has 2 atom stereocenters. The molecule has 6 heteroatoms. The Balaban J connectivity index is 1.92. The third-order valence-corrected chi connectivity index (χ3v) is 3.94. The molecule has 1 aliphatic carbocycles. The summed E-state index contributed by atoms with van der Waals surface area (Å²) in [7, 11) is 0. The minimum Gasteiger partial charge on any atom is -0.349 e. The summed E-state index contributed by atoms with van der Waals surface area (Å²) in [5.74, 6) is -1.55. The van der Waals surface area contributed by atoms with E-state index in [1.165, 1.54) is 11.3 Å². The number of thiophene rings is 1. The van der Waals surface area contributed by atoms with Crippen molar-refractivity contribution in [2.45, 2.75) is 37.9 Å². The second-order valence-electron chi connectivity index (χ2n) is 4.59. The summed E-state index contributed by atoms with van der Waals surface area (Å²) in [6.07, 6.45) is -2.83. The molecule has 1 aromatic heterocycles. The van der Waals surface area contributed by atoms with Gasteiger partial charge in [0, 0.05) is 17.0 Å². The molecule has 18 heavy (non-hydrogen) atoms. The van der Waals surface area contributed by atoms with Gasteiger partial charge in [0.1, 0.15) is 0 Å². The van der Waals surface area contributed by atoms with Crippen LogP contribution in [-0.4, -0.2) is 18.1 Å². The second-order valence-corrected chi connectivity index (χ2v) is 5.37. The average molecular weight is 277 g/mol. The van der Waals surface area contributed by atoms with E-state index in [0.29, 0.717) is 18.4 Å². The maximum atomic E-state index is 12.6. The Hall–Kier alpha value is -1.04. The smallest absolute Gasteiger partial charge is 0.349 e. The van der Waals surface area contributed by atoms with Crippen LogP contribution in [0, 0.1) is 5.92 Å². The minimum absolute atomic E-state index is 0.000618. The van der Waals surface area contributed by atoms with E-state index in [9.17, 15) is 18.0 Å². The molecule has 1 aromatic rings. The summed E-state index contributed by atoms with van der Waals surface area (Å²) in [6.45, 7) is 0. The van der Waals surface area contributed by atoms with Gasteiger partial charge in [0.15, 0.2) is 0 Å². The molecule has 1 N–H and O–H groups in total. The van der Waals surface area contributed by atoms with Gasteiger partial charge in [0.2, 0.25) is 0 Å². The summed E-state index contributed by atoms with van der Waals surface area (Å²) in [6, 6.07) is 1.31. The lowest BCUT2D eigenvalue weighted by Crippen LogP contribution is -2.41. The third-order valence-electron chi connectivity index (χ3n) is 3.26. The van der Waals surface area contributed by atoms with E-state index >= 15 is 0 Å². The van der Waals surface area contributed by atoms with Crippen LogP contribution in [-0.2, 0) is 0 Å². The predicted molar refractivity (Wildman–Crippen MR) is 63.6 cm³/mol. The van der Waals surface area contributed by atoms with Crippen molar-refractivity contribution in [2.24, 2.45) is 5.92 Å². The van der Waals surface area contributed by atoms with Crippen LogP contribution in [0.25, 0.3) is 0 Å². The molecule has 0 aliphatic heterocycles. The van der Waals surface area contributed by atoms with Crippen LogP contribution in [0.3, 0.4) is 0 Å². The van der Waals surface area contributed by atoms with Crippen LogP contribution < -0.4 is 5.32 Å². The Kier molecular flexibility index (Phi) is 3.94. The summed E-state index contributed by atoms with van der Waals surface area (Å²) >= 11 is 1.39. The number of nitrogens with one attached hydrogen (secondary N) is 1. The Morgan fingerprint density at radius 3 is 2.78 bits per heavy atom. The van der Waals surface area contributed by atoms with Crippen LogP contribution in [0.15, 0.2) is 16.8 Å². The van der Waals surface area contributed by atoms with Gasteiger partial charge in [0.25, 0.3) is 5.91 Å². The van der Waals surface area contributed by atoms with Crippen molar-refractivity contribution in [1.29, 1.82) is 0 Å². The van der Waals surface area contributed by atoms with Gasteiger partial charge < -0.3 is 5.32 Å². The Labute approximate surface area is 107 Å². The Morgan fingerprint density at radius 2 is 2.17 bits per heavy atom. The van der Waals surface area contributed by atoms with Gasteiger partial charge >= 0.3 is 6.18 Å². The number of halogens is 3. The van der Waals surface area contributed by atoms with Crippen molar-refractivity contribution in [3.05, 3.63) is 22.4 Å². The van der Waals surface area contributed by atoms with Crippen LogP contribution in [0.2, 0.25) is 0 Å². The highest BCUT2D eigenvalue weighted by Gasteiger charge is 2.42. The highest BCUT2D eigenvalue weighted by molar-refractivity contribution is 7.08. The lowest BCUT2D eigenvalue weighted by Gasteiger charge is -2.30. The van der Waals surface area contributed by atoms with E-state index in [1.54, 1.807) is 16.8 Å². The highest BCUT2D eigenvalue weighted by atomic mass is 32.1. The molecule has 100 valence electrons. The zero-order valence-corrected chi connectivity index (χ0v) is 10.5. The molecule has 0 radical (unpaired) electrons. The van der Waals surface area contributed by atoms with Crippen molar-refractivity contribution in [3.8, 4) is 0 Å². The molecule has 1 saturated carbocycles. The van der Waals surface area contributed by atoms with Gasteiger partial charge in [-0.15, -0.1) is 0 Å². The number of alkyl halides is 3. The first-order valence-electron chi connectivity index (χ1n) is 5.86. The van der Waals surface area contributed by atoms with Crippen LogP contribution in [0.4, 0.5) is 13.2 Å². The maximum Gasteiger partial charge on any atom is 0.391 e. The SMILES string of the molecule is O=C(NC1CCCC(C(F)(F)F)C1)c1ccsc1. The van der Waals surface area contributed by atoms with E-state index in [1.807, 2.05) is 0 Å². The van der Waals surface area contributed by atoms with Gasteiger partial charge in [-0.25, -0.2) is 0 Å². The molecule has 2 rings (SSSR count). The van der Waals surface area contributed by atoms with Crippen LogP contribution in [0.5, 0.6) is 0 Å². The second kappa shape index (κ2) is 5.30. The molecule has 1 fully saturated rings. The van der Waals surface area contributed by atoms with Crippen molar-refractivity contribution in [2.75, 3.05) is 0 Å². The zero-order chi connectivity index (χ0) is 13.2. The number of rotatable bonds is 2. The van der Waals surface area contributed by atoms with Crippen molar-refractivity contribution >= 4 is 17.2 Å². The molecular formula is C12H14F3NOS. The lowest BCUT2D eigenvalue weighted by atomic mass is 9.85. The molecule has 1 heterocycles. The number of hydrogen-bond donors (Lipinski definition) is 1. The van der Waals surface area contributed by atoms with Crippen molar-refractivity contribution < 1.29 is 18.0 Å². The van der Waals surface area contributed by atoms with Gasteiger partial charge in [-0.3, -0.25) is 4.79 Å². The summed E-state index contributed by atoms with van der Waals surface area (Å²) in [4.78, 5) is 11.7.